The lowest BCUT2D eigenvalue weighted by atomic mass is 9.99. The maximum absolute atomic E-state index is 13.5. The molecule has 0 saturated carbocycles. The van der Waals surface area contributed by atoms with Gasteiger partial charge in [-0.25, -0.2) is 15.2 Å². The van der Waals surface area contributed by atoms with Gasteiger partial charge in [0.2, 0.25) is 0 Å². The Morgan fingerprint density at radius 3 is 2.61 bits per heavy atom. The Hall–Kier alpha value is -2.95. The van der Waals surface area contributed by atoms with Crippen molar-refractivity contribution < 1.29 is 4.39 Å². The predicted octanol–water partition coefficient (Wildman–Crippen LogP) is 7.08. The summed E-state index contributed by atoms with van der Waals surface area (Å²) < 4.78 is 13.5. The highest BCUT2D eigenvalue weighted by atomic mass is 35.5. The van der Waals surface area contributed by atoms with Crippen LogP contribution < -0.4 is 22.2 Å². The summed E-state index contributed by atoms with van der Waals surface area (Å²) >= 11 is 12.2. The number of nitrogens with two attached hydrogens (primary N) is 2. The highest BCUT2D eigenvalue weighted by Crippen LogP contribution is 2.21. The molecule has 1 heterocycles. The molecule has 1 fully saturated rings. The van der Waals surface area contributed by atoms with Crippen LogP contribution in [0.3, 0.4) is 0 Å². The lowest BCUT2D eigenvalue weighted by Crippen LogP contribution is -2.47. The Labute approximate surface area is 285 Å². The average molecular weight is 676 g/mol. The van der Waals surface area contributed by atoms with Crippen LogP contribution in [-0.2, 0) is 0 Å². The number of halogens is 3. The highest BCUT2D eigenvalue weighted by molar-refractivity contribution is 6.31. The molecule has 2 aliphatic rings. The first-order valence-corrected chi connectivity index (χ1v) is 16.8. The van der Waals surface area contributed by atoms with Crippen LogP contribution in [0.25, 0.3) is 0 Å². The molecule has 1 aliphatic heterocycles. The van der Waals surface area contributed by atoms with Crippen LogP contribution in [0.1, 0.15) is 66.2 Å². The summed E-state index contributed by atoms with van der Waals surface area (Å²) in [6.07, 6.45) is 22.2. The van der Waals surface area contributed by atoms with Crippen molar-refractivity contribution in [3.63, 3.8) is 0 Å². The monoisotopic (exact) mass is 674 g/mol. The molecule has 0 aromatic rings. The van der Waals surface area contributed by atoms with Crippen molar-refractivity contribution in [3.8, 4) is 0 Å². The van der Waals surface area contributed by atoms with Gasteiger partial charge in [0.1, 0.15) is 11.7 Å². The molecule has 2 rings (SSSR count). The van der Waals surface area contributed by atoms with Crippen molar-refractivity contribution in [1.29, 1.82) is 0 Å². The minimum atomic E-state index is -0.354. The molecule has 0 amide bonds. The van der Waals surface area contributed by atoms with Crippen LogP contribution in [0.4, 0.5) is 4.39 Å². The zero-order chi connectivity index (χ0) is 33.9. The van der Waals surface area contributed by atoms with Gasteiger partial charge in [-0.1, -0.05) is 73.2 Å². The van der Waals surface area contributed by atoms with E-state index in [1.165, 1.54) is 12.5 Å². The summed E-state index contributed by atoms with van der Waals surface area (Å²) in [7, 11) is 0. The minimum Gasteiger partial charge on any atom is -0.399 e. The molecule has 6 N–H and O–H groups in total. The minimum absolute atomic E-state index is 0.145. The third-order valence-electron chi connectivity index (χ3n) is 7.95. The van der Waals surface area contributed by atoms with Crippen LogP contribution in [0.2, 0.25) is 0 Å². The fraction of sp³-hybridized carbons (Fsp3) is 0.486. The van der Waals surface area contributed by atoms with Crippen molar-refractivity contribution in [1.82, 2.24) is 20.5 Å². The number of aliphatic imine (C=N–C) groups is 2. The summed E-state index contributed by atoms with van der Waals surface area (Å²) in [4.78, 5) is 11.1. The number of nitrogens with zero attached hydrogens (tertiary/aromatic N) is 4. The Balaban J connectivity index is 2.10. The van der Waals surface area contributed by atoms with Gasteiger partial charge in [0, 0.05) is 49.0 Å². The van der Waals surface area contributed by atoms with E-state index >= 15 is 0 Å². The quantitative estimate of drug-likeness (QED) is 0.0348. The van der Waals surface area contributed by atoms with E-state index in [0.717, 1.165) is 57.3 Å². The second-order valence-corrected chi connectivity index (χ2v) is 12.3. The number of hydrazine groups is 1. The second kappa shape index (κ2) is 21.8. The highest BCUT2D eigenvalue weighted by Gasteiger charge is 2.23. The Morgan fingerprint density at radius 2 is 1.93 bits per heavy atom. The molecule has 0 bridgehead atoms. The predicted molar refractivity (Wildman–Crippen MR) is 196 cm³/mol. The number of rotatable bonds is 16. The fourth-order valence-electron chi connectivity index (χ4n) is 5.09. The van der Waals surface area contributed by atoms with Gasteiger partial charge in [-0.2, -0.15) is 0 Å². The molecule has 254 valence electrons. The summed E-state index contributed by atoms with van der Waals surface area (Å²) in [5.74, 6) is 6.73. The van der Waals surface area contributed by atoms with Crippen LogP contribution in [0, 0.1) is 0 Å². The first-order valence-electron chi connectivity index (χ1n) is 16.0. The molecular weight excluding hydrogens is 622 g/mol. The molecule has 1 atom stereocenters. The molecule has 0 radical (unpaired) electrons. The number of piperidine rings is 1. The molecule has 1 saturated heterocycles. The summed E-state index contributed by atoms with van der Waals surface area (Å²) in [6, 6.07) is 0.107. The van der Waals surface area contributed by atoms with Crippen LogP contribution >= 0.6 is 23.2 Å². The molecule has 0 aromatic heterocycles. The molecule has 11 heteroatoms. The molecule has 1 unspecified atom stereocenters. The van der Waals surface area contributed by atoms with Crippen molar-refractivity contribution in [2.45, 2.75) is 78.3 Å². The largest absolute Gasteiger partial charge is 0.399 e. The topological polar surface area (TPSA) is 107 Å². The fourth-order valence-corrected chi connectivity index (χ4v) is 5.37. The van der Waals surface area contributed by atoms with Gasteiger partial charge < -0.3 is 26.3 Å². The number of hydrogen-bond acceptors (Lipinski definition) is 6. The van der Waals surface area contributed by atoms with Gasteiger partial charge in [-0.05, 0) is 76.6 Å². The van der Waals surface area contributed by atoms with Gasteiger partial charge in [-0.15, -0.1) is 0 Å². The SMILES string of the molecule is C=C/C(Cl)=C(NC=NC(C)=NC/C=C\C/C(F)=C(\C)Cl)\C(C)=C/CNC(C1=CCCC=CC1)/C(N)=C/N(N)C1CCN(CC)CC1. The Bertz CT molecular complexity index is 1260. The van der Waals surface area contributed by atoms with Crippen molar-refractivity contribution in [2.75, 3.05) is 32.7 Å². The van der Waals surface area contributed by atoms with Crippen LogP contribution in [0.5, 0.6) is 0 Å². The van der Waals surface area contributed by atoms with E-state index < -0.39 is 0 Å². The number of nitrogens with one attached hydrogen (secondary N) is 2. The lowest BCUT2D eigenvalue weighted by Gasteiger charge is -2.36. The summed E-state index contributed by atoms with van der Waals surface area (Å²) in [5.41, 5.74) is 10.3. The maximum Gasteiger partial charge on any atom is 0.122 e. The van der Waals surface area contributed by atoms with Crippen LogP contribution in [0.15, 0.2) is 104 Å². The zero-order valence-electron chi connectivity index (χ0n) is 27.9. The van der Waals surface area contributed by atoms with E-state index in [9.17, 15) is 4.39 Å². The van der Waals surface area contributed by atoms with Gasteiger partial charge >= 0.3 is 0 Å². The average Bonchev–Trinajstić information content (AvgIpc) is 3.33. The van der Waals surface area contributed by atoms with Crippen molar-refractivity contribution in [3.05, 3.63) is 93.7 Å². The van der Waals surface area contributed by atoms with E-state index in [2.05, 4.69) is 63.3 Å². The maximum atomic E-state index is 13.5. The Kier molecular flexibility index (Phi) is 18.6. The molecule has 0 spiro atoms. The lowest BCUT2D eigenvalue weighted by molar-refractivity contribution is 0.146. The van der Waals surface area contributed by atoms with Gasteiger partial charge in [0.25, 0.3) is 0 Å². The smallest absolute Gasteiger partial charge is 0.122 e. The van der Waals surface area contributed by atoms with E-state index in [1.807, 2.05) is 13.1 Å². The standard InChI is InChI=1S/C35H53Cl2FN8/c1-6-31(37)34(44-25-43-28(5)41-20-13-12-16-32(38)27(4)36)26(3)17-21-42-35(29-14-10-8-9-11-15-29)33(39)24-46(40)30-18-22-45(7-2)23-19-30/h6,8,10,12-13,15,17,24-25,30,35,42H,1,7,9,11,14,16,18-23,39-40H2,2-5H3,(H,41,43,44)/b13-12-,26-17-,32-27-,33-24-,34-31-. The Morgan fingerprint density at radius 1 is 1.20 bits per heavy atom. The molecule has 8 nitrogen and oxygen atoms in total. The third-order valence-corrected chi connectivity index (χ3v) is 8.50. The molecule has 0 aromatic carbocycles. The van der Waals surface area contributed by atoms with Gasteiger partial charge in [-0.3, -0.25) is 4.99 Å². The molecular formula is C35H53Cl2FN8. The number of likely N-dealkylation sites (tertiary alicyclic amines) is 1. The second-order valence-electron chi connectivity index (χ2n) is 11.3. The van der Waals surface area contributed by atoms with Crippen molar-refractivity contribution in [2.24, 2.45) is 21.6 Å². The molecule has 46 heavy (non-hydrogen) atoms. The van der Waals surface area contributed by atoms with E-state index in [1.54, 1.807) is 36.5 Å². The summed E-state index contributed by atoms with van der Waals surface area (Å²) in [5, 5.41) is 9.23. The van der Waals surface area contributed by atoms with E-state index in [0.29, 0.717) is 35.4 Å². The summed E-state index contributed by atoms with van der Waals surface area (Å²) in [6.45, 7) is 15.4. The number of allylic oxidation sites excluding steroid dienone is 9. The zero-order valence-corrected chi connectivity index (χ0v) is 29.4. The van der Waals surface area contributed by atoms with Crippen molar-refractivity contribution >= 4 is 35.4 Å². The number of amidine groups is 1. The van der Waals surface area contributed by atoms with Crippen LogP contribution in [-0.4, -0.2) is 66.9 Å². The normalized spacial score (nSPS) is 19.6. The van der Waals surface area contributed by atoms with E-state index in [4.69, 9.17) is 34.8 Å². The molecule has 1 aliphatic carbocycles. The number of hydrogen-bond donors (Lipinski definition) is 4. The van der Waals surface area contributed by atoms with Gasteiger partial charge in [0.05, 0.1) is 29.7 Å². The third kappa shape index (κ3) is 14.2. The van der Waals surface area contributed by atoms with Gasteiger partial charge in [0.15, 0.2) is 0 Å². The first-order chi connectivity index (χ1) is 22.1. The van der Waals surface area contributed by atoms with E-state index in [-0.39, 0.29) is 29.4 Å². The first kappa shape index (κ1) is 39.2.